The molecule has 5 heteroatoms. The van der Waals surface area contributed by atoms with Crippen LogP contribution in [0.25, 0.3) is 0 Å². The van der Waals surface area contributed by atoms with E-state index in [0.29, 0.717) is 12.2 Å². The van der Waals surface area contributed by atoms with Crippen LogP contribution in [0.1, 0.15) is 5.56 Å². The predicted molar refractivity (Wildman–Crippen MR) is 78.2 cm³/mol. The third kappa shape index (κ3) is 3.94. The molecule has 1 saturated heterocycles. The number of nitrogens with zero attached hydrogens (tertiary/aromatic N) is 2. The zero-order chi connectivity index (χ0) is 13.8. The number of anilines is 2. The zero-order valence-corrected chi connectivity index (χ0v) is 11.6. The highest BCUT2D eigenvalue weighted by atomic mass is 16.2. The average Bonchev–Trinajstić information content (AvgIpc) is 2.37. The summed E-state index contributed by atoms with van der Waals surface area (Å²) < 4.78 is 0. The van der Waals surface area contributed by atoms with Gasteiger partial charge in [-0.3, -0.25) is 9.69 Å². The van der Waals surface area contributed by atoms with Crippen LogP contribution in [0.5, 0.6) is 0 Å². The van der Waals surface area contributed by atoms with Crippen molar-refractivity contribution in [1.29, 1.82) is 0 Å². The van der Waals surface area contributed by atoms with Crippen molar-refractivity contribution in [2.24, 2.45) is 0 Å². The van der Waals surface area contributed by atoms with E-state index in [1.807, 2.05) is 19.1 Å². The summed E-state index contributed by atoms with van der Waals surface area (Å²) in [6.07, 6.45) is 0. The molecule has 1 aromatic rings. The molecule has 5 nitrogen and oxygen atoms in total. The summed E-state index contributed by atoms with van der Waals surface area (Å²) in [5, 5.41) is 2.94. The van der Waals surface area contributed by atoms with Crippen molar-refractivity contribution < 1.29 is 4.79 Å². The highest BCUT2D eigenvalue weighted by Gasteiger charge is 2.16. The average molecular weight is 262 g/mol. The Balaban J connectivity index is 1.89. The molecular formula is C14H22N4O. The van der Waals surface area contributed by atoms with Gasteiger partial charge in [-0.2, -0.15) is 0 Å². The van der Waals surface area contributed by atoms with Gasteiger partial charge in [0.25, 0.3) is 0 Å². The van der Waals surface area contributed by atoms with Crippen LogP contribution in [0, 0.1) is 6.92 Å². The number of amides is 1. The maximum atomic E-state index is 12.0. The summed E-state index contributed by atoms with van der Waals surface area (Å²) in [6.45, 7) is 6.34. The molecule has 1 heterocycles. The summed E-state index contributed by atoms with van der Waals surface area (Å²) in [4.78, 5) is 16.5. The minimum atomic E-state index is 0.0262. The number of carbonyl (C=O) groups is 1. The van der Waals surface area contributed by atoms with Crippen molar-refractivity contribution in [3.05, 3.63) is 23.8 Å². The molecule has 0 radical (unpaired) electrons. The largest absolute Gasteiger partial charge is 0.399 e. The van der Waals surface area contributed by atoms with E-state index in [-0.39, 0.29) is 5.91 Å². The first-order valence-corrected chi connectivity index (χ1v) is 6.61. The Morgan fingerprint density at radius 1 is 1.32 bits per heavy atom. The van der Waals surface area contributed by atoms with Crippen LogP contribution in [0.2, 0.25) is 0 Å². The number of hydrogen-bond donors (Lipinski definition) is 2. The van der Waals surface area contributed by atoms with Crippen molar-refractivity contribution in [2.45, 2.75) is 6.92 Å². The van der Waals surface area contributed by atoms with Gasteiger partial charge < -0.3 is 16.0 Å². The van der Waals surface area contributed by atoms with Crippen LogP contribution < -0.4 is 11.1 Å². The molecule has 1 fully saturated rings. The molecular weight excluding hydrogens is 240 g/mol. The smallest absolute Gasteiger partial charge is 0.238 e. The molecule has 0 bridgehead atoms. The van der Waals surface area contributed by atoms with E-state index in [1.54, 1.807) is 6.07 Å². The first-order chi connectivity index (χ1) is 9.04. The molecule has 1 aliphatic heterocycles. The van der Waals surface area contributed by atoms with Crippen LogP contribution in [0.15, 0.2) is 18.2 Å². The molecule has 3 N–H and O–H groups in total. The standard InChI is InChI=1S/C14H22N4O/c1-11-3-4-12(15)9-13(11)16-14(19)10-18-7-5-17(2)6-8-18/h3-4,9H,5-8,10,15H2,1-2H3,(H,16,19). The van der Waals surface area contributed by atoms with Gasteiger partial charge in [-0.1, -0.05) is 6.07 Å². The Hall–Kier alpha value is -1.59. The number of benzene rings is 1. The Morgan fingerprint density at radius 2 is 2.00 bits per heavy atom. The van der Waals surface area contributed by atoms with Gasteiger partial charge in [-0.25, -0.2) is 0 Å². The fourth-order valence-electron chi connectivity index (χ4n) is 2.17. The molecule has 0 aliphatic carbocycles. The third-order valence-electron chi connectivity index (χ3n) is 3.50. The van der Waals surface area contributed by atoms with Gasteiger partial charge in [-0.15, -0.1) is 0 Å². The van der Waals surface area contributed by atoms with Gasteiger partial charge in [0, 0.05) is 37.6 Å². The fraction of sp³-hybridized carbons (Fsp3) is 0.500. The number of nitrogens with two attached hydrogens (primary N) is 1. The van der Waals surface area contributed by atoms with Crippen molar-refractivity contribution in [1.82, 2.24) is 9.80 Å². The van der Waals surface area contributed by atoms with Crippen LogP contribution in [-0.4, -0.2) is 55.5 Å². The number of nitrogens with one attached hydrogen (secondary N) is 1. The second kappa shape index (κ2) is 6.04. The van der Waals surface area contributed by atoms with E-state index in [2.05, 4.69) is 22.2 Å². The molecule has 0 unspecified atom stereocenters. The number of nitrogen functional groups attached to an aromatic ring is 1. The first-order valence-electron chi connectivity index (χ1n) is 6.61. The Kier molecular flexibility index (Phi) is 4.39. The van der Waals surface area contributed by atoms with Gasteiger partial charge in [0.15, 0.2) is 0 Å². The maximum Gasteiger partial charge on any atom is 0.238 e. The summed E-state index contributed by atoms with van der Waals surface area (Å²) >= 11 is 0. The van der Waals surface area contributed by atoms with E-state index in [0.717, 1.165) is 37.4 Å². The lowest BCUT2D eigenvalue weighted by molar-refractivity contribution is -0.117. The number of hydrogen-bond acceptors (Lipinski definition) is 4. The molecule has 1 amide bonds. The van der Waals surface area contributed by atoms with Gasteiger partial charge in [0.05, 0.1) is 6.54 Å². The molecule has 19 heavy (non-hydrogen) atoms. The number of carbonyl (C=O) groups excluding carboxylic acids is 1. The lowest BCUT2D eigenvalue weighted by atomic mass is 10.2. The lowest BCUT2D eigenvalue weighted by Crippen LogP contribution is -2.47. The van der Waals surface area contributed by atoms with Gasteiger partial charge >= 0.3 is 0 Å². The Labute approximate surface area is 114 Å². The highest BCUT2D eigenvalue weighted by Crippen LogP contribution is 2.18. The minimum Gasteiger partial charge on any atom is -0.399 e. The van der Waals surface area contributed by atoms with Gasteiger partial charge in [0.1, 0.15) is 0 Å². The Morgan fingerprint density at radius 3 is 2.68 bits per heavy atom. The van der Waals surface area contributed by atoms with Crippen LogP contribution in [0.4, 0.5) is 11.4 Å². The van der Waals surface area contributed by atoms with Gasteiger partial charge in [-0.05, 0) is 31.7 Å². The monoisotopic (exact) mass is 262 g/mol. The maximum absolute atomic E-state index is 12.0. The molecule has 0 atom stereocenters. The number of piperazine rings is 1. The number of aryl methyl sites for hydroxylation is 1. The van der Waals surface area contributed by atoms with E-state index in [9.17, 15) is 4.79 Å². The number of likely N-dealkylation sites (N-methyl/N-ethyl adjacent to an activating group) is 1. The molecule has 2 rings (SSSR count). The van der Waals surface area contributed by atoms with Crippen LogP contribution in [-0.2, 0) is 4.79 Å². The molecule has 0 aromatic heterocycles. The summed E-state index contributed by atoms with van der Waals surface area (Å²) in [6, 6.07) is 5.56. The molecule has 0 saturated carbocycles. The third-order valence-corrected chi connectivity index (χ3v) is 3.50. The second-order valence-electron chi connectivity index (χ2n) is 5.20. The van der Waals surface area contributed by atoms with E-state index in [4.69, 9.17) is 5.73 Å². The summed E-state index contributed by atoms with van der Waals surface area (Å²) in [5.41, 5.74) is 8.24. The zero-order valence-electron chi connectivity index (χ0n) is 11.6. The highest BCUT2D eigenvalue weighted by molar-refractivity contribution is 5.93. The molecule has 1 aromatic carbocycles. The quantitative estimate of drug-likeness (QED) is 0.790. The van der Waals surface area contributed by atoms with E-state index < -0.39 is 0 Å². The first kappa shape index (κ1) is 13.8. The number of rotatable bonds is 3. The minimum absolute atomic E-state index is 0.0262. The summed E-state index contributed by atoms with van der Waals surface area (Å²) in [5.74, 6) is 0.0262. The normalized spacial score (nSPS) is 17.4. The van der Waals surface area contributed by atoms with Crippen molar-refractivity contribution in [2.75, 3.05) is 50.8 Å². The Bertz CT molecular complexity index is 453. The van der Waals surface area contributed by atoms with E-state index in [1.165, 1.54) is 0 Å². The molecule has 0 spiro atoms. The fourth-order valence-corrected chi connectivity index (χ4v) is 2.17. The summed E-state index contributed by atoms with van der Waals surface area (Å²) in [7, 11) is 2.10. The predicted octanol–water partition coefficient (Wildman–Crippen LogP) is 0.763. The van der Waals surface area contributed by atoms with Crippen molar-refractivity contribution in [3.8, 4) is 0 Å². The lowest BCUT2D eigenvalue weighted by Gasteiger charge is -2.31. The van der Waals surface area contributed by atoms with Crippen molar-refractivity contribution >= 4 is 17.3 Å². The van der Waals surface area contributed by atoms with Crippen molar-refractivity contribution in [3.63, 3.8) is 0 Å². The second-order valence-corrected chi connectivity index (χ2v) is 5.20. The van der Waals surface area contributed by atoms with Gasteiger partial charge in [0.2, 0.25) is 5.91 Å². The van der Waals surface area contributed by atoms with Crippen LogP contribution in [0.3, 0.4) is 0 Å². The SMILES string of the molecule is Cc1ccc(N)cc1NC(=O)CN1CCN(C)CC1. The van der Waals surface area contributed by atoms with E-state index >= 15 is 0 Å². The molecule has 104 valence electrons. The molecule has 1 aliphatic rings. The van der Waals surface area contributed by atoms with Crippen LogP contribution >= 0.6 is 0 Å². The topological polar surface area (TPSA) is 61.6 Å².